The van der Waals surface area contributed by atoms with Crippen LogP contribution in [0.25, 0.3) is 10.2 Å². The molecule has 3 heterocycles. The van der Waals surface area contributed by atoms with Crippen molar-refractivity contribution in [3.8, 4) is 0 Å². The van der Waals surface area contributed by atoms with E-state index in [4.69, 9.17) is 0 Å². The van der Waals surface area contributed by atoms with Crippen LogP contribution in [-0.2, 0) is 16.1 Å². The van der Waals surface area contributed by atoms with E-state index in [1.54, 1.807) is 23.0 Å². The highest BCUT2D eigenvalue weighted by molar-refractivity contribution is 7.22. The molecule has 1 aliphatic rings. The van der Waals surface area contributed by atoms with Crippen LogP contribution in [0.2, 0.25) is 0 Å². The van der Waals surface area contributed by atoms with E-state index >= 15 is 0 Å². The first kappa shape index (κ1) is 18.6. The van der Waals surface area contributed by atoms with Crippen LogP contribution in [0, 0.1) is 19.8 Å². The first-order valence-electron chi connectivity index (χ1n) is 9.25. The first-order chi connectivity index (χ1) is 13.4. The Hall–Kier alpha value is -2.80. The topological polar surface area (TPSA) is 66.4 Å². The zero-order valence-electron chi connectivity index (χ0n) is 16.2. The van der Waals surface area contributed by atoms with Gasteiger partial charge in [-0.2, -0.15) is 0 Å². The van der Waals surface area contributed by atoms with E-state index < -0.39 is 0 Å². The zero-order chi connectivity index (χ0) is 19.8. The maximum absolute atomic E-state index is 12.9. The van der Waals surface area contributed by atoms with Gasteiger partial charge in [-0.15, -0.1) is 0 Å². The predicted octanol–water partition coefficient (Wildman–Crippen LogP) is 3.32. The monoisotopic (exact) mass is 394 g/mol. The number of carbonyl (C=O) groups excluding carboxylic acids is 2. The summed E-state index contributed by atoms with van der Waals surface area (Å²) in [6.07, 6.45) is 1.98. The largest absolute Gasteiger partial charge is 0.341 e. The van der Waals surface area contributed by atoms with Crippen molar-refractivity contribution in [2.24, 2.45) is 5.92 Å². The Morgan fingerprint density at radius 2 is 2.11 bits per heavy atom. The van der Waals surface area contributed by atoms with Crippen LogP contribution in [0.4, 0.5) is 5.13 Å². The maximum Gasteiger partial charge on any atom is 0.229 e. The normalized spacial score (nSPS) is 16.8. The van der Waals surface area contributed by atoms with E-state index in [9.17, 15) is 9.59 Å². The second kappa shape index (κ2) is 7.31. The number of fused-ring (bicyclic) bond motifs is 1. The predicted molar refractivity (Wildman–Crippen MR) is 110 cm³/mol. The Kier molecular flexibility index (Phi) is 4.85. The third-order valence-corrected chi connectivity index (χ3v) is 6.04. The number of pyridine rings is 1. The second-order valence-corrected chi connectivity index (χ2v) is 8.38. The number of anilines is 1. The lowest BCUT2D eigenvalue weighted by molar-refractivity contribution is -0.135. The van der Waals surface area contributed by atoms with Crippen molar-refractivity contribution in [1.29, 1.82) is 0 Å². The Labute approximate surface area is 167 Å². The highest BCUT2D eigenvalue weighted by Gasteiger charge is 2.37. The fourth-order valence-corrected chi connectivity index (χ4v) is 4.65. The molecule has 0 N–H and O–H groups in total. The van der Waals surface area contributed by atoms with Gasteiger partial charge in [0.15, 0.2) is 5.13 Å². The minimum atomic E-state index is -0.339. The molecule has 2 aromatic heterocycles. The highest BCUT2D eigenvalue weighted by Crippen LogP contribution is 2.33. The van der Waals surface area contributed by atoms with Gasteiger partial charge >= 0.3 is 0 Å². The van der Waals surface area contributed by atoms with Crippen LogP contribution in [0.1, 0.15) is 23.2 Å². The smallest absolute Gasteiger partial charge is 0.229 e. The van der Waals surface area contributed by atoms with Gasteiger partial charge in [0.2, 0.25) is 11.8 Å². The zero-order valence-corrected chi connectivity index (χ0v) is 17.0. The number of amides is 2. The van der Waals surface area contributed by atoms with Crippen molar-refractivity contribution >= 4 is 38.5 Å². The van der Waals surface area contributed by atoms with Gasteiger partial charge in [-0.3, -0.25) is 19.5 Å². The number of rotatable bonds is 4. The average molecular weight is 395 g/mol. The average Bonchev–Trinajstić information content (AvgIpc) is 3.23. The number of nitrogens with zero attached hydrogens (tertiary/aromatic N) is 4. The number of hydrogen-bond donors (Lipinski definition) is 0. The van der Waals surface area contributed by atoms with Gasteiger partial charge < -0.3 is 4.90 Å². The van der Waals surface area contributed by atoms with Gasteiger partial charge in [0, 0.05) is 38.4 Å². The fraction of sp³-hybridized carbons (Fsp3) is 0.333. The summed E-state index contributed by atoms with van der Waals surface area (Å²) >= 11 is 1.50. The summed E-state index contributed by atoms with van der Waals surface area (Å²) in [5.41, 5.74) is 4.01. The molecule has 1 atom stereocenters. The van der Waals surface area contributed by atoms with Gasteiger partial charge in [-0.1, -0.05) is 17.4 Å². The lowest BCUT2D eigenvalue weighted by Gasteiger charge is -2.21. The molecule has 2 amide bonds. The summed E-state index contributed by atoms with van der Waals surface area (Å²) in [6.45, 7) is 4.86. The summed E-state index contributed by atoms with van der Waals surface area (Å²) < 4.78 is 1.06. The number of benzene rings is 1. The number of carbonyl (C=O) groups is 2. The SMILES string of the molecule is Cc1ccc2nc(N3CC(C(=O)N(C)Cc4ccnc(C)c4)CC3=O)sc2c1. The maximum atomic E-state index is 12.9. The lowest BCUT2D eigenvalue weighted by Crippen LogP contribution is -2.34. The molecule has 4 rings (SSSR count). The second-order valence-electron chi connectivity index (χ2n) is 7.37. The summed E-state index contributed by atoms with van der Waals surface area (Å²) in [5.74, 6) is -0.390. The first-order valence-corrected chi connectivity index (χ1v) is 10.1. The van der Waals surface area contributed by atoms with E-state index in [0.717, 1.165) is 27.0 Å². The van der Waals surface area contributed by atoms with Crippen molar-refractivity contribution in [2.45, 2.75) is 26.8 Å². The van der Waals surface area contributed by atoms with Crippen LogP contribution in [-0.4, -0.2) is 40.3 Å². The molecule has 1 saturated heterocycles. The van der Waals surface area contributed by atoms with Crippen LogP contribution in [0.15, 0.2) is 36.5 Å². The molecule has 1 aliphatic heterocycles. The fourth-order valence-electron chi connectivity index (χ4n) is 3.56. The molecule has 0 aliphatic carbocycles. The third-order valence-electron chi connectivity index (χ3n) is 4.99. The Morgan fingerprint density at radius 3 is 2.89 bits per heavy atom. The summed E-state index contributed by atoms with van der Waals surface area (Å²) in [6, 6.07) is 9.94. The minimum Gasteiger partial charge on any atom is -0.341 e. The number of thiazole rings is 1. The molecule has 0 spiro atoms. The van der Waals surface area contributed by atoms with Crippen LogP contribution >= 0.6 is 11.3 Å². The van der Waals surface area contributed by atoms with Crippen LogP contribution in [0.5, 0.6) is 0 Å². The van der Waals surface area contributed by atoms with Gasteiger partial charge in [-0.25, -0.2) is 4.98 Å². The van der Waals surface area contributed by atoms with E-state index in [0.29, 0.717) is 18.2 Å². The molecule has 1 fully saturated rings. The van der Waals surface area contributed by atoms with E-state index in [-0.39, 0.29) is 24.2 Å². The standard InChI is InChI=1S/C21H22N4O2S/c1-13-4-5-17-18(8-13)28-21(23-17)25-12-16(10-19(25)26)20(27)24(3)11-15-6-7-22-14(2)9-15/h4-9,16H,10-12H2,1-3H3. The minimum absolute atomic E-state index is 0.0118. The van der Waals surface area contributed by atoms with Crippen molar-refractivity contribution in [2.75, 3.05) is 18.5 Å². The summed E-state index contributed by atoms with van der Waals surface area (Å²) in [7, 11) is 1.78. The van der Waals surface area contributed by atoms with E-state index in [1.807, 2.05) is 38.1 Å². The molecule has 0 saturated carbocycles. The Bertz CT molecular complexity index is 1060. The molecule has 28 heavy (non-hydrogen) atoms. The summed E-state index contributed by atoms with van der Waals surface area (Å²) in [5, 5.41) is 0.674. The van der Waals surface area contributed by atoms with Crippen molar-refractivity contribution in [3.05, 3.63) is 53.3 Å². The van der Waals surface area contributed by atoms with Crippen molar-refractivity contribution in [3.63, 3.8) is 0 Å². The molecule has 1 aromatic carbocycles. The molecule has 144 valence electrons. The molecule has 0 radical (unpaired) electrons. The van der Waals surface area contributed by atoms with Crippen molar-refractivity contribution < 1.29 is 9.59 Å². The van der Waals surface area contributed by atoms with Crippen LogP contribution < -0.4 is 4.90 Å². The number of hydrogen-bond acceptors (Lipinski definition) is 5. The molecular weight excluding hydrogens is 372 g/mol. The van der Waals surface area contributed by atoms with Gasteiger partial charge in [-0.05, 0) is 49.2 Å². The van der Waals surface area contributed by atoms with Crippen LogP contribution in [0.3, 0.4) is 0 Å². The van der Waals surface area contributed by atoms with Crippen molar-refractivity contribution in [1.82, 2.24) is 14.9 Å². The Morgan fingerprint density at radius 1 is 1.29 bits per heavy atom. The van der Waals surface area contributed by atoms with E-state index in [1.165, 1.54) is 11.3 Å². The molecule has 1 unspecified atom stereocenters. The summed E-state index contributed by atoms with van der Waals surface area (Å²) in [4.78, 5) is 37.6. The molecular formula is C21H22N4O2S. The van der Waals surface area contributed by atoms with Gasteiger partial charge in [0.25, 0.3) is 0 Å². The molecule has 7 heteroatoms. The highest BCUT2D eigenvalue weighted by atomic mass is 32.1. The van der Waals surface area contributed by atoms with E-state index in [2.05, 4.69) is 16.0 Å². The lowest BCUT2D eigenvalue weighted by atomic mass is 10.1. The number of aromatic nitrogens is 2. The quantitative estimate of drug-likeness (QED) is 0.681. The van der Waals surface area contributed by atoms with Gasteiger partial charge in [0.1, 0.15) is 0 Å². The Balaban J connectivity index is 1.48. The molecule has 3 aromatic rings. The number of aryl methyl sites for hydroxylation is 2. The van der Waals surface area contributed by atoms with Gasteiger partial charge in [0.05, 0.1) is 16.1 Å². The third kappa shape index (κ3) is 3.62. The molecule has 6 nitrogen and oxygen atoms in total. The molecule has 0 bridgehead atoms.